The minimum absolute atomic E-state index is 0.664. The minimum atomic E-state index is 0.664. The summed E-state index contributed by atoms with van der Waals surface area (Å²) in [7, 11) is 3.67. The lowest BCUT2D eigenvalue weighted by Crippen LogP contribution is -2.17. The molecule has 46 valence electrons. The number of hydrogen-bond acceptors (Lipinski definition) is 2. The summed E-state index contributed by atoms with van der Waals surface area (Å²) in [6.07, 6.45) is 2.37. The van der Waals surface area contributed by atoms with Crippen LogP contribution in [0.2, 0.25) is 0 Å². The number of carbonyl (C=O) groups excluding carboxylic acids is 1. The van der Waals surface area contributed by atoms with Crippen LogP contribution in [0.15, 0.2) is 6.20 Å². The maximum Gasteiger partial charge on any atom is 0.164 e. The molecular formula is C5H7BN2O. The van der Waals surface area contributed by atoms with Crippen molar-refractivity contribution in [1.29, 1.82) is 0 Å². The summed E-state index contributed by atoms with van der Waals surface area (Å²) >= 11 is 0. The average molecular weight is 122 g/mol. The van der Waals surface area contributed by atoms with Gasteiger partial charge < -0.3 is 0 Å². The zero-order valence-corrected chi connectivity index (χ0v) is 5.46. The second-order valence-corrected chi connectivity index (χ2v) is 1.93. The van der Waals surface area contributed by atoms with Gasteiger partial charge in [0.15, 0.2) is 14.1 Å². The van der Waals surface area contributed by atoms with Gasteiger partial charge in [0.25, 0.3) is 0 Å². The van der Waals surface area contributed by atoms with Crippen LogP contribution in [0.1, 0.15) is 10.4 Å². The minimum Gasteiger partial charge on any atom is -0.298 e. The molecule has 3 nitrogen and oxygen atoms in total. The van der Waals surface area contributed by atoms with Crippen LogP contribution in [-0.2, 0) is 7.05 Å². The molecule has 4 heteroatoms. The first-order chi connectivity index (χ1) is 4.25. The van der Waals surface area contributed by atoms with E-state index in [9.17, 15) is 4.79 Å². The number of rotatable bonds is 1. The van der Waals surface area contributed by atoms with E-state index in [-0.39, 0.29) is 0 Å². The number of hydrogen-bond donors (Lipinski definition) is 0. The molecule has 0 amide bonds. The third-order valence-corrected chi connectivity index (χ3v) is 1.40. The van der Waals surface area contributed by atoms with E-state index in [2.05, 4.69) is 5.10 Å². The third kappa shape index (κ3) is 0.873. The summed E-state index contributed by atoms with van der Waals surface area (Å²) in [6, 6.07) is 0. The average Bonchev–Trinajstić information content (AvgIpc) is 2.15. The Balaban J connectivity index is 3.18. The summed E-state index contributed by atoms with van der Waals surface area (Å²) in [4.78, 5) is 10.2. The van der Waals surface area contributed by atoms with Crippen molar-refractivity contribution in [3.05, 3.63) is 11.8 Å². The summed E-state index contributed by atoms with van der Waals surface area (Å²) < 4.78 is 1.67. The molecule has 1 rings (SSSR count). The van der Waals surface area contributed by atoms with Gasteiger partial charge in [0, 0.05) is 18.2 Å². The van der Waals surface area contributed by atoms with Crippen molar-refractivity contribution in [2.45, 2.75) is 0 Å². The molecule has 0 radical (unpaired) electrons. The number of carbonyl (C=O) groups is 1. The molecule has 0 aromatic carbocycles. The largest absolute Gasteiger partial charge is 0.298 e. The molecular weight excluding hydrogens is 115 g/mol. The van der Waals surface area contributed by atoms with Crippen molar-refractivity contribution in [3.63, 3.8) is 0 Å². The molecule has 0 unspecified atom stereocenters. The molecule has 0 fully saturated rings. The molecule has 1 heterocycles. The van der Waals surface area contributed by atoms with Crippen LogP contribution in [-0.4, -0.2) is 23.9 Å². The fourth-order valence-electron chi connectivity index (χ4n) is 0.631. The smallest absolute Gasteiger partial charge is 0.164 e. The molecule has 9 heavy (non-hydrogen) atoms. The van der Waals surface area contributed by atoms with Gasteiger partial charge in [-0.2, -0.15) is 5.10 Å². The summed E-state index contributed by atoms with van der Waals surface area (Å²) in [5.41, 5.74) is 1.57. The maximum absolute atomic E-state index is 10.2. The second kappa shape index (κ2) is 2.05. The van der Waals surface area contributed by atoms with E-state index < -0.39 is 0 Å². The second-order valence-electron chi connectivity index (χ2n) is 1.93. The highest BCUT2D eigenvalue weighted by atomic mass is 16.1. The van der Waals surface area contributed by atoms with Gasteiger partial charge in [-0.25, -0.2) is 0 Å². The summed E-state index contributed by atoms with van der Waals surface area (Å²) in [5.74, 6) is 0. The van der Waals surface area contributed by atoms with Crippen molar-refractivity contribution in [1.82, 2.24) is 9.78 Å². The monoisotopic (exact) mass is 122 g/mol. The van der Waals surface area contributed by atoms with Crippen molar-refractivity contribution >= 4 is 19.7 Å². The number of aldehydes is 1. The zero-order chi connectivity index (χ0) is 6.85. The van der Waals surface area contributed by atoms with Crippen molar-refractivity contribution in [2.75, 3.05) is 0 Å². The molecule has 0 atom stereocenters. The Morgan fingerprint density at radius 1 is 1.89 bits per heavy atom. The highest BCUT2D eigenvalue weighted by Gasteiger charge is 1.98. The Morgan fingerprint density at radius 3 is 2.78 bits per heavy atom. The van der Waals surface area contributed by atoms with Crippen molar-refractivity contribution in [3.8, 4) is 0 Å². The van der Waals surface area contributed by atoms with Crippen LogP contribution in [0.5, 0.6) is 0 Å². The molecule has 1 aromatic heterocycles. The maximum atomic E-state index is 10.2. The lowest BCUT2D eigenvalue weighted by atomic mass is 10.0. The number of aromatic nitrogens is 2. The molecule has 0 bridgehead atoms. The van der Waals surface area contributed by atoms with Crippen molar-refractivity contribution < 1.29 is 4.79 Å². The number of nitrogens with zero attached hydrogens (tertiary/aromatic N) is 2. The third-order valence-electron chi connectivity index (χ3n) is 1.40. The SMILES string of the molecule is Bc1c(C=O)cnn1C. The summed E-state index contributed by atoms with van der Waals surface area (Å²) in [5, 5.41) is 3.87. The molecule has 0 N–H and O–H groups in total. The highest BCUT2D eigenvalue weighted by molar-refractivity contribution is 6.33. The van der Waals surface area contributed by atoms with Gasteiger partial charge in [-0.3, -0.25) is 9.48 Å². The van der Waals surface area contributed by atoms with E-state index in [1.54, 1.807) is 10.9 Å². The van der Waals surface area contributed by atoms with Crippen LogP contribution in [0.25, 0.3) is 0 Å². The predicted molar refractivity (Wildman–Crippen MR) is 36.8 cm³/mol. The Labute approximate surface area is 54.1 Å². The Bertz CT molecular complexity index is 231. The van der Waals surface area contributed by atoms with E-state index in [4.69, 9.17) is 0 Å². The Kier molecular flexibility index (Phi) is 1.38. The van der Waals surface area contributed by atoms with Crippen molar-refractivity contribution in [2.24, 2.45) is 7.05 Å². The van der Waals surface area contributed by atoms with Gasteiger partial charge in [-0.05, 0) is 0 Å². The molecule has 0 spiro atoms. The lowest BCUT2D eigenvalue weighted by molar-refractivity contribution is 0.112. The first-order valence-corrected chi connectivity index (χ1v) is 2.69. The molecule has 0 aliphatic rings. The van der Waals surface area contributed by atoms with Crippen LogP contribution < -0.4 is 5.59 Å². The molecule has 1 aromatic rings. The Morgan fingerprint density at radius 2 is 2.56 bits per heavy atom. The zero-order valence-electron chi connectivity index (χ0n) is 5.46. The molecule has 0 aliphatic carbocycles. The van der Waals surface area contributed by atoms with Gasteiger partial charge >= 0.3 is 0 Å². The first-order valence-electron chi connectivity index (χ1n) is 2.69. The van der Waals surface area contributed by atoms with E-state index in [1.807, 2.05) is 14.9 Å². The van der Waals surface area contributed by atoms with E-state index >= 15 is 0 Å². The fraction of sp³-hybridized carbons (Fsp3) is 0.200. The number of aryl methyl sites for hydroxylation is 1. The van der Waals surface area contributed by atoms with Crippen LogP contribution in [0.3, 0.4) is 0 Å². The lowest BCUT2D eigenvalue weighted by Gasteiger charge is -1.90. The van der Waals surface area contributed by atoms with Gasteiger partial charge in [-0.1, -0.05) is 0 Å². The predicted octanol–water partition coefficient (Wildman–Crippen LogP) is -1.51. The Hall–Kier alpha value is -1.06. The highest BCUT2D eigenvalue weighted by Crippen LogP contribution is 1.83. The van der Waals surface area contributed by atoms with Gasteiger partial charge in [-0.15, -0.1) is 0 Å². The van der Waals surface area contributed by atoms with Gasteiger partial charge in [0.2, 0.25) is 0 Å². The van der Waals surface area contributed by atoms with Gasteiger partial charge in [0.05, 0.1) is 6.20 Å². The molecule has 0 saturated carbocycles. The quantitative estimate of drug-likeness (QED) is 0.335. The normalized spacial score (nSPS) is 9.44. The van der Waals surface area contributed by atoms with E-state index in [0.29, 0.717) is 5.56 Å². The fourth-order valence-corrected chi connectivity index (χ4v) is 0.631. The van der Waals surface area contributed by atoms with Crippen LogP contribution in [0.4, 0.5) is 0 Å². The molecule has 0 aliphatic heterocycles. The van der Waals surface area contributed by atoms with Crippen LogP contribution in [0, 0.1) is 0 Å². The summed E-state index contributed by atoms with van der Waals surface area (Å²) in [6.45, 7) is 0. The first kappa shape index (κ1) is 6.07. The molecule has 0 saturated heterocycles. The van der Waals surface area contributed by atoms with E-state index in [0.717, 1.165) is 11.9 Å². The topological polar surface area (TPSA) is 34.9 Å². The van der Waals surface area contributed by atoms with E-state index in [1.165, 1.54) is 0 Å². The van der Waals surface area contributed by atoms with Crippen LogP contribution >= 0.6 is 0 Å². The van der Waals surface area contributed by atoms with Gasteiger partial charge in [0.1, 0.15) is 0 Å². The standard InChI is InChI=1S/C5H7BN2O/c1-8-5(6)4(3-9)2-7-8/h2-3H,6H2,1H3.